The number of piperidine rings is 1. The Hall–Kier alpha value is -2.34. The lowest BCUT2D eigenvalue weighted by atomic mass is 10.1. The van der Waals surface area contributed by atoms with Gasteiger partial charge < -0.3 is 4.90 Å². The van der Waals surface area contributed by atoms with Gasteiger partial charge in [-0.25, -0.2) is 8.42 Å². The molecule has 3 rings (SSSR count). The fourth-order valence-corrected chi connectivity index (χ4v) is 4.24. The minimum Gasteiger partial charge on any atom is -0.339 e. The van der Waals surface area contributed by atoms with Crippen molar-refractivity contribution in [2.24, 2.45) is 0 Å². The van der Waals surface area contributed by atoms with E-state index < -0.39 is 10.0 Å². The number of para-hydroxylation sites is 1. The number of anilines is 1. The highest BCUT2D eigenvalue weighted by atomic mass is 32.2. The van der Waals surface area contributed by atoms with Crippen LogP contribution in [-0.4, -0.2) is 32.3 Å². The maximum Gasteiger partial charge on any atom is 0.255 e. The molecule has 0 bridgehead atoms. The number of sulfonamides is 1. The standard InChI is InChI=1S/C19H22N2O3S/c22-19(21-13-7-2-8-14-21)17-11-5-6-12-18(17)20-25(23,24)15-16-9-3-1-4-10-16/h1,3-6,9-12,20H,2,7-8,13-15H2. The fourth-order valence-electron chi connectivity index (χ4n) is 3.02. The minimum atomic E-state index is -3.60. The van der Waals surface area contributed by atoms with Crippen molar-refractivity contribution in [3.05, 3.63) is 65.7 Å². The van der Waals surface area contributed by atoms with Gasteiger partial charge in [-0.2, -0.15) is 0 Å². The van der Waals surface area contributed by atoms with Crippen LogP contribution in [0.2, 0.25) is 0 Å². The van der Waals surface area contributed by atoms with Crippen LogP contribution in [-0.2, 0) is 15.8 Å². The van der Waals surface area contributed by atoms with E-state index in [2.05, 4.69) is 4.72 Å². The molecule has 0 radical (unpaired) electrons. The van der Waals surface area contributed by atoms with Crippen LogP contribution in [0.15, 0.2) is 54.6 Å². The Morgan fingerprint density at radius 2 is 1.56 bits per heavy atom. The molecule has 1 aliphatic rings. The summed E-state index contributed by atoms with van der Waals surface area (Å²) in [6, 6.07) is 15.8. The van der Waals surface area contributed by atoms with Crippen molar-refractivity contribution < 1.29 is 13.2 Å². The number of amides is 1. The molecule has 1 N–H and O–H groups in total. The zero-order valence-corrected chi connectivity index (χ0v) is 14.8. The van der Waals surface area contributed by atoms with Gasteiger partial charge >= 0.3 is 0 Å². The Labute approximate surface area is 148 Å². The van der Waals surface area contributed by atoms with Gasteiger partial charge in [0.05, 0.1) is 17.0 Å². The van der Waals surface area contributed by atoms with E-state index in [0.29, 0.717) is 16.8 Å². The molecule has 1 aliphatic heterocycles. The van der Waals surface area contributed by atoms with Gasteiger partial charge in [-0.05, 0) is 37.0 Å². The molecule has 0 unspecified atom stereocenters. The summed E-state index contributed by atoms with van der Waals surface area (Å²) in [5.74, 6) is -0.238. The molecule has 0 spiro atoms. The van der Waals surface area contributed by atoms with E-state index in [4.69, 9.17) is 0 Å². The highest BCUT2D eigenvalue weighted by molar-refractivity contribution is 7.91. The molecular formula is C19H22N2O3S. The Morgan fingerprint density at radius 3 is 2.28 bits per heavy atom. The zero-order chi connectivity index (χ0) is 17.7. The zero-order valence-electron chi connectivity index (χ0n) is 14.0. The molecule has 1 fully saturated rings. The number of hydrogen-bond donors (Lipinski definition) is 1. The second-order valence-electron chi connectivity index (χ2n) is 6.25. The SMILES string of the molecule is O=C(c1ccccc1NS(=O)(=O)Cc1ccccc1)N1CCCCC1. The Morgan fingerprint density at radius 1 is 0.920 bits per heavy atom. The number of hydrogen-bond acceptors (Lipinski definition) is 3. The third-order valence-electron chi connectivity index (χ3n) is 4.27. The molecule has 1 saturated heterocycles. The summed E-state index contributed by atoms with van der Waals surface area (Å²) in [6.07, 6.45) is 3.12. The van der Waals surface area contributed by atoms with E-state index in [-0.39, 0.29) is 11.7 Å². The summed E-state index contributed by atoms with van der Waals surface area (Å²) in [7, 11) is -3.60. The Balaban J connectivity index is 1.79. The molecule has 0 aromatic heterocycles. The highest BCUT2D eigenvalue weighted by Gasteiger charge is 2.22. The van der Waals surface area contributed by atoms with Crippen molar-refractivity contribution in [3.63, 3.8) is 0 Å². The fraction of sp³-hybridized carbons (Fsp3) is 0.316. The van der Waals surface area contributed by atoms with Crippen molar-refractivity contribution in [2.75, 3.05) is 17.8 Å². The number of nitrogens with one attached hydrogen (secondary N) is 1. The summed E-state index contributed by atoms with van der Waals surface area (Å²) in [5, 5.41) is 0. The lowest BCUT2D eigenvalue weighted by molar-refractivity contribution is 0.0725. The van der Waals surface area contributed by atoms with Crippen LogP contribution >= 0.6 is 0 Å². The third-order valence-corrected chi connectivity index (χ3v) is 5.51. The molecule has 0 aliphatic carbocycles. The third kappa shape index (κ3) is 4.60. The number of carbonyl (C=O) groups is 1. The van der Waals surface area contributed by atoms with Gasteiger partial charge in [0.1, 0.15) is 0 Å². The Kier molecular flexibility index (Phi) is 5.38. The van der Waals surface area contributed by atoms with Crippen molar-refractivity contribution in [2.45, 2.75) is 25.0 Å². The summed E-state index contributed by atoms with van der Waals surface area (Å²) in [6.45, 7) is 1.45. The molecule has 6 heteroatoms. The predicted molar refractivity (Wildman–Crippen MR) is 98.9 cm³/mol. The topological polar surface area (TPSA) is 66.5 Å². The minimum absolute atomic E-state index is 0.113. The van der Waals surface area contributed by atoms with Crippen molar-refractivity contribution in [1.29, 1.82) is 0 Å². The van der Waals surface area contributed by atoms with E-state index in [9.17, 15) is 13.2 Å². The average Bonchev–Trinajstić information content (AvgIpc) is 2.62. The first-order valence-electron chi connectivity index (χ1n) is 8.48. The number of carbonyl (C=O) groups excluding carboxylic acids is 1. The number of likely N-dealkylation sites (tertiary alicyclic amines) is 1. The molecule has 1 amide bonds. The summed E-state index contributed by atoms with van der Waals surface area (Å²) >= 11 is 0. The lowest BCUT2D eigenvalue weighted by Crippen LogP contribution is -2.36. The molecule has 25 heavy (non-hydrogen) atoms. The molecule has 0 atom stereocenters. The summed E-state index contributed by atoms with van der Waals surface area (Å²) < 4.78 is 27.5. The van der Waals surface area contributed by atoms with E-state index >= 15 is 0 Å². The van der Waals surface area contributed by atoms with E-state index in [1.165, 1.54) is 0 Å². The van der Waals surface area contributed by atoms with Crippen LogP contribution in [0.25, 0.3) is 0 Å². The first kappa shape index (κ1) is 17.5. The molecule has 132 valence electrons. The van der Waals surface area contributed by atoms with Gasteiger partial charge in [0, 0.05) is 13.1 Å². The predicted octanol–water partition coefficient (Wildman–Crippen LogP) is 3.25. The van der Waals surface area contributed by atoms with E-state index in [0.717, 1.165) is 32.4 Å². The first-order valence-corrected chi connectivity index (χ1v) is 10.1. The smallest absolute Gasteiger partial charge is 0.255 e. The molecule has 2 aromatic rings. The van der Waals surface area contributed by atoms with Gasteiger partial charge in [0.25, 0.3) is 5.91 Å². The average molecular weight is 358 g/mol. The molecule has 5 nitrogen and oxygen atoms in total. The largest absolute Gasteiger partial charge is 0.339 e. The molecular weight excluding hydrogens is 336 g/mol. The summed E-state index contributed by atoms with van der Waals surface area (Å²) in [5.41, 5.74) is 1.45. The molecule has 0 saturated carbocycles. The van der Waals surface area contributed by atoms with Crippen molar-refractivity contribution >= 4 is 21.6 Å². The first-order chi connectivity index (χ1) is 12.1. The van der Waals surface area contributed by atoms with Crippen LogP contribution in [0.3, 0.4) is 0 Å². The van der Waals surface area contributed by atoms with Gasteiger partial charge in [0.2, 0.25) is 10.0 Å². The maximum atomic E-state index is 12.8. The number of benzene rings is 2. The lowest BCUT2D eigenvalue weighted by Gasteiger charge is -2.27. The monoisotopic (exact) mass is 358 g/mol. The second kappa shape index (κ2) is 7.70. The van der Waals surface area contributed by atoms with Gasteiger partial charge in [-0.3, -0.25) is 9.52 Å². The van der Waals surface area contributed by atoms with Crippen LogP contribution in [0.5, 0.6) is 0 Å². The second-order valence-corrected chi connectivity index (χ2v) is 7.97. The van der Waals surface area contributed by atoms with Crippen molar-refractivity contribution in [3.8, 4) is 0 Å². The normalized spacial score (nSPS) is 15.0. The molecule has 1 heterocycles. The molecule has 2 aromatic carbocycles. The van der Waals surface area contributed by atoms with Crippen LogP contribution in [0, 0.1) is 0 Å². The Bertz CT molecular complexity index is 829. The van der Waals surface area contributed by atoms with Gasteiger partial charge in [0.15, 0.2) is 0 Å². The number of rotatable bonds is 5. The van der Waals surface area contributed by atoms with E-state index in [1.54, 1.807) is 53.4 Å². The highest BCUT2D eigenvalue weighted by Crippen LogP contribution is 2.22. The van der Waals surface area contributed by atoms with Crippen molar-refractivity contribution in [1.82, 2.24) is 4.90 Å². The number of nitrogens with zero attached hydrogens (tertiary/aromatic N) is 1. The maximum absolute atomic E-state index is 12.8. The van der Waals surface area contributed by atoms with E-state index in [1.807, 2.05) is 6.07 Å². The van der Waals surface area contributed by atoms with Crippen LogP contribution in [0.1, 0.15) is 35.2 Å². The van der Waals surface area contributed by atoms with Crippen LogP contribution in [0.4, 0.5) is 5.69 Å². The van der Waals surface area contributed by atoms with Gasteiger partial charge in [-0.1, -0.05) is 42.5 Å². The quantitative estimate of drug-likeness (QED) is 0.892. The van der Waals surface area contributed by atoms with Crippen LogP contribution < -0.4 is 4.72 Å². The summed E-state index contributed by atoms with van der Waals surface area (Å²) in [4.78, 5) is 14.6. The van der Waals surface area contributed by atoms with Gasteiger partial charge in [-0.15, -0.1) is 0 Å².